The van der Waals surface area contributed by atoms with E-state index >= 15 is 0 Å². The highest BCUT2D eigenvalue weighted by Gasteiger charge is 2.15. The Hall–Kier alpha value is -2.63. The fraction of sp³-hybridized carbons (Fsp3) is 0.214. The van der Waals surface area contributed by atoms with Crippen LogP contribution in [0.5, 0.6) is 0 Å². The maximum Gasteiger partial charge on any atom is 0.263 e. The van der Waals surface area contributed by atoms with Gasteiger partial charge in [0.2, 0.25) is 5.82 Å². The minimum absolute atomic E-state index is 0.380. The van der Waals surface area contributed by atoms with E-state index in [1.165, 1.54) is 5.56 Å². The molecule has 2 aromatic heterocycles. The lowest BCUT2D eigenvalue weighted by atomic mass is 10.1. The second-order valence-corrected chi connectivity index (χ2v) is 4.54. The summed E-state index contributed by atoms with van der Waals surface area (Å²) in [5.74, 6) is 1.43. The van der Waals surface area contributed by atoms with Crippen molar-refractivity contribution in [3.63, 3.8) is 0 Å². The lowest BCUT2D eigenvalue weighted by molar-refractivity contribution is 0.432. The number of nitrogens with two attached hydrogens (primary N) is 1. The van der Waals surface area contributed by atoms with Crippen molar-refractivity contribution in [3.8, 4) is 22.8 Å². The first-order valence-electron chi connectivity index (χ1n) is 6.40. The van der Waals surface area contributed by atoms with Gasteiger partial charge >= 0.3 is 0 Å². The molecule has 0 saturated carbocycles. The lowest BCUT2D eigenvalue weighted by Gasteiger charge is -1.97. The molecule has 3 rings (SSSR count). The molecular formula is C14H15N5O. The normalized spacial score (nSPS) is 10.9. The zero-order chi connectivity index (χ0) is 14.1. The molecular weight excluding hydrogens is 254 g/mol. The van der Waals surface area contributed by atoms with Gasteiger partial charge < -0.3 is 10.3 Å². The Balaban J connectivity index is 1.95. The Labute approximate surface area is 116 Å². The second-order valence-electron chi connectivity index (χ2n) is 4.54. The van der Waals surface area contributed by atoms with Crippen LogP contribution in [-0.4, -0.2) is 19.9 Å². The van der Waals surface area contributed by atoms with Crippen molar-refractivity contribution in [3.05, 3.63) is 36.0 Å². The standard InChI is InChI=1S/C14H15N5O/c1-3-9-4-6-10(7-5-9)13-17-14(20-18-13)11-8-16-19(2)12(11)15/h4-8H,3,15H2,1-2H3. The Morgan fingerprint density at radius 3 is 2.60 bits per heavy atom. The Morgan fingerprint density at radius 2 is 2.00 bits per heavy atom. The van der Waals surface area contributed by atoms with E-state index in [0.717, 1.165) is 12.0 Å². The number of anilines is 1. The molecule has 6 heteroatoms. The zero-order valence-corrected chi connectivity index (χ0v) is 11.4. The van der Waals surface area contributed by atoms with Crippen molar-refractivity contribution in [2.24, 2.45) is 7.05 Å². The van der Waals surface area contributed by atoms with Crippen LogP contribution in [-0.2, 0) is 13.5 Å². The highest BCUT2D eigenvalue weighted by molar-refractivity contribution is 5.68. The van der Waals surface area contributed by atoms with Crippen molar-refractivity contribution in [2.75, 3.05) is 5.73 Å². The van der Waals surface area contributed by atoms with Gasteiger partial charge in [-0.05, 0) is 12.0 Å². The quantitative estimate of drug-likeness (QED) is 0.788. The molecule has 0 bridgehead atoms. The first-order chi connectivity index (χ1) is 9.69. The van der Waals surface area contributed by atoms with Gasteiger partial charge in [-0.25, -0.2) is 0 Å². The Morgan fingerprint density at radius 1 is 1.25 bits per heavy atom. The van der Waals surface area contributed by atoms with Crippen molar-refractivity contribution in [1.82, 2.24) is 19.9 Å². The zero-order valence-electron chi connectivity index (χ0n) is 11.4. The predicted octanol–water partition coefficient (Wildman–Crippen LogP) is 2.28. The molecule has 20 heavy (non-hydrogen) atoms. The van der Waals surface area contributed by atoms with Crippen LogP contribution in [0.4, 0.5) is 5.82 Å². The van der Waals surface area contributed by atoms with Crippen LogP contribution >= 0.6 is 0 Å². The molecule has 1 aromatic carbocycles. The minimum atomic E-state index is 0.380. The van der Waals surface area contributed by atoms with Crippen molar-refractivity contribution >= 4 is 5.82 Å². The summed E-state index contributed by atoms with van der Waals surface area (Å²) in [6.45, 7) is 2.12. The van der Waals surface area contributed by atoms with Crippen LogP contribution in [0.1, 0.15) is 12.5 Å². The summed E-state index contributed by atoms with van der Waals surface area (Å²) in [7, 11) is 1.76. The summed E-state index contributed by atoms with van der Waals surface area (Å²) < 4.78 is 6.83. The number of aryl methyl sites for hydroxylation is 2. The first kappa shape index (κ1) is 12.4. The van der Waals surface area contributed by atoms with E-state index in [1.807, 2.05) is 12.1 Å². The average Bonchev–Trinajstić information content (AvgIpc) is 3.08. The lowest BCUT2D eigenvalue weighted by Crippen LogP contribution is -1.98. The molecule has 0 aliphatic heterocycles. The van der Waals surface area contributed by atoms with E-state index in [4.69, 9.17) is 10.3 Å². The van der Waals surface area contributed by atoms with Crippen molar-refractivity contribution < 1.29 is 4.52 Å². The van der Waals surface area contributed by atoms with Crippen LogP contribution in [0.2, 0.25) is 0 Å². The van der Waals surface area contributed by atoms with E-state index in [0.29, 0.717) is 23.1 Å². The molecule has 2 heterocycles. The Bertz CT molecular complexity index is 726. The van der Waals surface area contributed by atoms with Crippen molar-refractivity contribution in [2.45, 2.75) is 13.3 Å². The number of nitrogen functional groups attached to an aromatic ring is 1. The van der Waals surface area contributed by atoms with Gasteiger partial charge in [0.25, 0.3) is 5.89 Å². The Kier molecular flexibility index (Phi) is 2.98. The van der Waals surface area contributed by atoms with Gasteiger partial charge in [-0.15, -0.1) is 0 Å². The fourth-order valence-electron chi connectivity index (χ4n) is 1.95. The third kappa shape index (κ3) is 2.05. The van der Waals surface area contributed by atoms with Gasteiger partial charge in [-0.2, -0.15) is 10.1 Å². The van der Waals surface area contributed by atoms with Gasteiger partial charge in [0.05, 0.1) is 6.20 Å². The van der Waals surface area contributed by atoms with Gasteiger partial charge in [-0.3, -0.25) is 4.68 Å². The van der Waals surface area contributed by atoms with Gasteiger partial charge in [0.1, 0.15) is 11.4 Å². The molecule has 0 amide bonds. The van der Waals surface area contributed by atoms with Crippen LogP contribution in [0.15, 0.2) is 35.0 Å². The van der Waals surface area contributed by atoms with Crippen LogP contribution in [0.25, 0.3) is 22.8 Å². The van der Waals surface area contributed by atoms with E-state index in [2.05, 4.69) is 34.3 Å². The summed E-state index contributed by atoms with van der Waals surface area (Å²) >= 11 is 0. The summed E-state index contributed by atoms with van der Waals surface area (Å²) in [4.78, 5) is 4.37. The van der Waals surface area contributed by atoms with E-state index in [-0.39, 0.29) is 0 Å². The molecule has 0 fully saturated rings. The maximum absolute atomic E-state index is 5.89. The number of hydrogen-bond donors (Lipinski definition) is 1. The molecule has 0 unspecified atom stereocenters. The monoisotopic (exact) mass is 269 g/mol. The molecule has 0 saturated heterocycles. The van der Waals surface area contributed by atoms with E-state index in [9.17, 15) is 0 Å². The minimum Gasteiger partial charge on any atom is -0.383 e. The molecule has 0 aliphatic carbocycles. The van der Waals surface area contributed by atoms with E-state index < -0.39 is 0 Å². The number of hydrogen-bond acceptors (Lipinski definition) is 5. The average molecular weight is 269 g/mol. The molecule has 102 valence electrons. The van der Waals surface area contributed by atoms with E-state index in [1.54, 1.807) is 17.9 Å². The number of benzene rings is 1. The molecule has 0 radical (unpaired) electrons. The number of rotatable bonds is 3. The third-order valence-electron chi connectivity index (χ3n) is 3.26. The second kappa shape index (κ2) is 4.80. The summed E-state index contributed by atoms with van der Waals surface area (Å²) in [5.41, 5.74) is 8.73. The summed E-state index contributed by atoms with van der Waals surface area (Å²) in [6.07, 6.45) is 2.62. The maximum atomic E-state index is 5.89. The molecule has 0 aliphatic rings. The SMILES string of the molecule is CCc1ccc(-c2noc(-c3cnn(C)c3N)n2)cc1. The van der Waals surface area contributed by atoms with Crippen LogP contribution < -0.4 is 5.73 Å². The number of aromatic nitrogens is 4. The van der Waals surface area contributed by atoms with Crippen molar-refractivity contribution in [1.29, 1.82) is 0 Å². The smallest absolute Gasteiger partial charge is 0.263 e. The highest BCUT2D eigenvalue weighted by Crippen LogP contribution is 2.26. The van der Waals surface area contributed by atoms with Crippen LogP contribution in [0.3, 0.4) is 0 Å². The van der Waals surface area contributed by atoms with Crippen LogP contribution in [0, 0.1) is 0 Å². The molecule has 0 spiro atoms. The fourth-order valence-corrected chi connectivity index (χ4v) is 1.95. The number of nitrogens with zero attached hydrogens (tertiary/aromatic N) is 4. The molecule has 6 nitrogen and oxygen atoms in total. The van der Waals surface area contributed by atoms with Gasteiger partial charge in [-0.1, -0.05) is 36.3 Å². The summed E-state index contributed by atoms with van der Waals surface area (Å²) in [6, 6.07) is 8.09. The summed E-state index contributed by atoms with van der Waals surface area (Å²) in [5, 5.41) is 8.05. The highest BCUT2D eigenvalue weighted by atomic mass is 16.5. The predicted molar refractivity (Wildman–Crippen MR) is 75.7 cm³/mol. The molecule has 0 atom stereocenters. The van der Waals surface area contributed by atoms with Gasteiger partial charge in [0.15, 0.2) is 0 Å². The molecule has 2 N–H and O–H groups in total. The van der Waals surface area contributed by atoms with Gasteiger partial charge in [0, 0.05) is 12.6 Å². The first-order valence-corrected chi connectivity index (χ1v) is 6.40. The molecule has 3 aromatic rings. The largest absolute Gasteiger partial charge is 0.383 e. The topological polar surface area (TPSA) is 82.8 Å². The third-order valence-corrected chi connectivity index (χ3v) is 3.26.